The van der Waals surface area contributed by atoms with E-state index in [9.17, 15) is 13.2 Å². The molecule has 2 aliphatic rings. The summed E-state index contributed by atoms with van der Waals surface area (Å²) in [6.45, 7) is 10.2. The van der Waals surface area contributed by atoms with Gasteiger partial charge in [-0.15, -0.1) is 11.3 Å². The van der Waals surface area contributed by atoms with Crippen molar-refractivity contribution >= 4 is 54.9 Å². The molecule has 1 saturated heterocycles. The van der Waals surface area contributed by atoms with E-state index in [1.807, 2.05) is 0 Å². The molecule has 1 aliphatic heterocycles. The topological polar surface area (TPSA) is 92.3 Å². The number of rotatable bonds is 6. The minimum absolute atomic E-state index is 0.153. The first-order valence-corrected chi connectivity index (χ1v) is 16.5. The van der Waals surface area contributed by atoms with Crippen LogP contribution in [0.5, 0.6) is 0 Å². The number of hydrogen-bond acceptors (Lipinski definition) is 7. The van der Waals surface area contributed by atoms with Crippen molar-refractivity contribution in [1.82, 2.24) is 14.3 Å². The number of nitrogens with one attached hydrogen (secondary N) is 1. The Morgan fingerprint density at radius 3 is 2.53 bits per heavy atom. The summed E-state index contributed by atoms with van der Waals surface area (Å²) in [6.07, 6.45) is 6.62. The van der Waals surface area contributed by atoms with Gasteiger partial charge < -0.3 is 5.32 Å². The smallest absolute Gasteiger partial charge is 0.243 e. The van der Waals surface area contributed by atoms with Crippen LogP contribution in [0.15, 0.2) is 40.5 Å². The minimum atomic E-state index is -3.51. The SMILES string of the molecule is CC1CCN(S(=O)(=O)c2ccc(NC(=O)CSc3ncnc4sc5c(c34)CCC(C(C)(C)C)C5)cc2)CC1. The number of anilines is 1. The third kappa shape index (κ3) is 5.78. The molecule has 3 heterocycles. The molecule has 1 N–H and O–H groups in total. The molecule has 0 radical (unpaired) electrons. The van der Waals surface area contributed by atoms with Gasteiger partial charge in [-0.3, -0.25) is 4.79 Å². The number of fused-ring (bicyclic) bond motifs is 3. The highest BCUT2D eigenvalue weighted by Gasteiger charge is 2.32. The Morgan fingerprint density at radius 1 is 1.13 bits per heavy atom. The molecule has 1 atom stereocenters. The van der Waals surface area contributed by atoms with Crippen LogP contribution in [-0.4, -0.2) is 47.4 Å². The summed E-state index contributed by atoms with van der Waals surface area (Å²) in [6, 6.07) is 6.47. The number of carbonyl (C=O) groups is 1. The number of aryl methyl sites for hydroxylation is 1. The van der Waals surface area contributed by atoms with E-state index in [4.69, 9.17) is 0 Å². The number of aromatic nitrogens is 2. The van der Waals surface area contributed by atoms with Crippen LogP contribution < -0.4 is 5.32 Å². The van der Waals surface area contributed by atoms with E-state index in [1.165, 1.54) is 22.2 Å². The van der Waals surface area contributed by atoms with Gasteiger partial charge in [0.1, 0.15) is 16.2 Å². The highest BCUT2D eigenvalue weighted by atomic mass is 32.2. The highest BCUT2D eigenvalue weighted by molar-refractivity contribution is 8.00. The Balaban J connectivity index is 1.23. The van der Waals surface area contributed by atoms with Crippen molar-refractivity contribution in [3.8, 4) is 0 Å². The van der Waals surface area contributed by atoms with Crippen molar-refractivity contribution in [3.63, 3.8) is 0 Å². The zero-order chi connectivity index (χ0) is 27.1. The molecule has 3 aromatic rings. The van der Waals surface area contributed by atoms with E-state index in [0.29, 0.717) is 30.6 Å². The lowest BCUT2D eigenvalue weighted by molar-refractivity contribution is -0.113. The molecule has 1 unspecified atom stereocenters. The van der Waals surface area contributed by atoms with Crippen LogP contribution in [0, 0.1) is 17.3 Å². The summed E-state index contributed by atoms with van der Waals surface area (Å²) in [5.74, 6) is 1.27. The van der Waals surface area contributed by atoms with Crippen molar-refractivity contribution in [2.24, 2.45) is 17.3 Å². The predicted octanol–water partition coefficient (Wildman–Crippen LogP) is 5.99. The number of piperidine rings is 1. The quantitative estimate of drug-likeness (QED) is 0.288. The predicted molar refractivity (Wildman–Crippen MR) is 155 cm³/mol. The van der Waals surface area contributed by atoms with Crippen molar-refractivity contribution in [3.05, 3.63) is 41.0 Å². The molecule has 7 nitrogen and oxygen atoms in total. The first kappa shape index (κ1) is 27.6. The number of amides is 1. The van der Waals surface area contributed by atoms with E-state index in [2.05, 4.69) is 43.0 Å². The third-order valence-electron chi connectivity index (χ3n) is 7.89. The molecule has 0 spiro atoms. The van der Waals surface area contributed by atoms with Gasteiger partial charge in [-0.25, -0.2) is 18.4 Å². The molecule has 10 heteroatoms. The van der Waals surface area contributed by atoms with Gasteiger partial charge in [0.2, 0.25) is 15.9 Å². The fourth-order valence-corrected chi connectivity index (χ4v) is 8.97. The van der Waals surface area contributed by atoms with E-state index >= 15 is 0 Å². The molecular formula is C28H36N4O3S3. The fraction of sp³-hybridized carbons (Fsp3) is 0.536. The van der Waals surface area contributed by atoms with E-state index in [1.54, 1.807) is 46.2 Å². The fourth-order valence-electron chi connectivity index (χ4n) is 5.35. The molecule has 1 aliphatic carbocycles. The van der Waals surface area contributed by atoms with E-state index in [-0.39, 0.29) is 22.0 Å². The number of thioether (sulfide) groups is 1. The van der Waals surface area contributed by atoms with Gasteiger partial charge in [0.25, 0.3) is 0 Å². The van der Waals surface area contributed by atoms with Crippen LogP contribution in [0.3, 0.4) is 0 Å². The molecule has 1 fully saturated rings. The Hall–Kier alpha value is -2.01. The maximum Gasteiger partial charge on any atom is 0.243 e. The average Bonchev–Trinajstić information content (AvgIpc) is 3.26. The summed E-state index contributed by atoms with van der Waals surface area (Å²) in [4.78, 5) is 24.5. The lowest BCUT2D eigenvalue weighted by Crippen LogP contribution is -2.37. The summed E-state index contributed by atoms with van der Waals surface area (Å²) < 4.78 is 27.5. The van der Waals surface area contributed by atoms with Crippen LogP contribution in [0.1, 0.15) is 57.4 Å². The van der Waals surface area contributed by atoms with Crippen LogP contribution >= 0.6 is 23.1 Å². The van der Waals surface area contributed by atoms with Gasteiger partial charge in [0.05, 0.1) is 10.6 Å². The van der Waals surface area contributed by atoms with Crippen LogP contribution in [0.4, 0.5) is 5.69 Å². The number of thiophene rings is 1. The first-order chi connectivity index (χ1) is 18.0. The van der Waals surface area contributed by atoms with Gasteiger partial charge >= 0.3 is 0 Å². The molecule has 0 bridgehead atoms. The number of carbonyl (C=O) groups excluding carboxylic acids is 1. The minimum Gasteiger partial charge on any atom is -0.325 e. The van der Waals surface area contributed by atoms with Crippen molar-refractivity contribution in [2.45, 2.75) is 69.7 Å². The molecule has 204 valence electrons. The number of benzene rings is 1. The maximum atomic E-state index is 13.0. The Bertz CT molecular complexity index is 1420. The average molecular weight is 573 g/mol. The van der Waals surface area contributed by atoms with Crippen LogP contribution in [0.2, 0.25) is 0 Å². The monoisotopic (exact) mass is 572 g/mol. The molecule has 2 aromatic heterocycles. The lowest BCUT2D eigenvalue weighted by atomic mass is 9.72. The van der Waals surface area contributed by atoms with Gasteiger partial charge in [-0.05, 0) is 79.2 Å². The molecular weight excluding hydrogens is 537 g/mol. The van der Waals surface area contributed by atoms with Crippen molar-refractivity contribution in [2.75, 3.05) is 24.2 Å². The Labute approximate surface area is 233 Å². The maximum absolute atomic E-state index is 13.0. The number of sulfonamides is 1. The summed E-state index contributed by atoms with van der Waals surface area (Å²) in [5, 5.41) is 4.86. The highest BCUT2D eigenvalue weighted by Crippen LogP contribution is 2.44. The Morgan fingerprint density at radius 2 is 1.84 bits per heavy atom. The van der Waals surface area contributed by atoms with Gasteiger partial charge in [0, 0.05) is 29.0 Å². The molecule has 5 rings (SSSR count). The van der Waals surface area contributed by atoms with Gasteiger partial charge in [-0.2, -0.15) is 4.31 Å². The molecule has 1 aromatic carbocycles. The third-order valence-corrected chi connectivity index (χ3v) is 12.0. The standard InChI is InChI=1S/C28H36N4O3S3/c1-18-11-13-32(14-12-18)38(34,35)21-8-6-20(7-9-21)31-24(33)16-36-26-25-22-10-5-19(28(2,3)4)15-23(22)37-27(25)30-17-29-26/h6-9,17-19H,5,10-16H2,1-4H3,(H,31,33). The first-order valence-electron chi connectivity index (χ1n) is 13.3. The van der Waals surface area contributed by atoms with Crippen molar-refractivity contribution < 1.29 is 13.2 Å². The Kier molecular flexibility index (Phi) is 7.88. The molecule has 38 heavy (non-hydrogen) atoms. The zero-order valence-corrected chi connectivity index (χ0v) is 24.9. The summed E-state index contributed by atoms with van der Waals surface area (Å²) >= 11 is 3.19. The zero-order valence-electron chi connectivity index (χ0n) is 22.5. The molecule has 0 saturated carbocycles. The normalized spacial score (nSPS) is 19.4. The number of hydrogen-bond donors (Lipinski definition) is 1. The lowest BCUT2D eigenvalue weighted by Gasteiger charge is -2.33. The molecule has 1 amide bonds. The van der Waals surface area contributed by atoms with Crippen molar-refractivity contribution in [1.29, 1.82) is 0 Å². The van der Waals surface area contributed by atoms with Crippen LogP contribution in [-0.2, 0) is 27.7 Å². The van der Waals surface area contributed by atoms with E-state index in [0.717, 1.165) is 47.3 Å². The summed E-state index contributed by atoms with van der Waals surface area (Å²) in [5.41, 5.74) is 2.22. The second-order valence-electron chi connectivity index (χ2n) is 11.6. The second kappa shape index (κ2) is 10.9. The largest absolute Gasteiger partial charge is 0.325 e. The summed E-state index contributed by atoms with van der Waals surface area (Å²) in [7, 11) is -3.51. The van der Waals surface area contributed by atoms with Gasteiger partial charge in [0.15, 0.2) is 0 Å². The second-order valence-corrected chi connectivity index (χ2v) is 15.6. The number of nitrogens with zero attached hydrogens (tertiary/aromatic N) is 3. The van der Waals surface area contributed by atoms with Crippen LogP contribution in [0.25, 0.3) is 10.2 Å². The van der Waals surface area contributed by atoms with Gasteiger partial charge in [-0.1, -0.05) is 39.5 Å². The van der Waals surface area contributed by atoms with E-state index < -0.39 is 10.0 Å².